The summed E-state index contributed by atoms with van der Waals surface area (Å²) in [6, 6.07) is 9.24. The monoisotopic (exact) mass is 413 g/mol. The van der Waals surface area contributed by atoms with E-state index in [0.29, 0.717) is 23.6 Å². The van der Waals surface area contributed by atoms with Crippen LogP contribution in [-0.2, 0) is 13.2 Å². The number of halogens is 1. The van der Waals surface area contributed by atoms with Crippen LogP contribution in [0, 0.1) is 18.3 Å². The summed E-state index contributed by atoms with van der Waals surface area (Å²) in [7, 11) is 0. The normalized spacial score (nSPS) is 10.6. The van der Waals surface area contributed by atoms with Crippen molar-refractivity contribution in [2.45, 2.75) is 27.0 Å². The standard InChI is InChI=1S/C20H16ClN3O5/c1-3-24-17(28-10-14-6-11(2)23-29-14)8-16(25)18(20(26)27)19(24)12-4-5-13(9-22)15(21)7-12/h4-8H,3,10H2,1-2H3,(H,26,27). The van der Waals surface area contributed by atoms with Crippen LogP contribution in [0.25, 0.3) is 11.3 Å². The molecule has 0 radical (unpaired) electrons. The lowest BCUT2D eigenvalue weighted by Gasteiger charge is -2.19. The van der Waals surface area contributed by atoms with E-state index in [1.165, 1.54) is 12.1 Å². The molecule has 1 N–H and O–H groups in total. The second-order valence-corrected chi connectivity index (χ2v) is 6.56. The Hall–Kier alpha value is -3.57. The van der Waals surface area contributed by atoms with Gasteiger partial charge in [-0.05, 0) is 26.0 Å². The zero-order valence-corrected chi connectivity index (χ0v) is 16.4. The van der Waals surface area contributed by atoms with Crippen LogP contribution in [0.4, 0.5) is 0 Å². The summed E-state index contributed by atoms with van der Waals surface area (Å²) >= 11 is 6.12. The number of ether oxygens (including phenoxy) is 1. The minimum Gasteiger partial charge on any atom is -0.477 e. The van der Waals surface area contributed by atoms with Crippen LogP contribution in [0.5, 0.6) is 5.88 Å². The van der Waals surface area contributed by atoms with Crippen LogP contribution in [0.1, 0.15) is 34.3 Å². The molecule has 2 heterocycles. The summed E-state index contributed by atoms with van der Waals surface area (Å²) in [5, 5.41) is 22.6. The van der Waals surface area contributed by atoms with Gasteiger partial charge >= 0.3 is 5.97 Å². The number of nitrogens with zero attached hydrogens (tertiary/aromatic N) is 3. The first-order chi connectivity index (χ1) is 13.8. The highest BCUT2D eigenvalue weighted by Gasteiger charge is 2.23. The lowest BCUT2D eigenvalue weighted by Crippen LogP contribution is -2.22. The average molecular weight is 414 g/mol. The molecule has 0 saturated carbocycles. The first-order valence-electron chi connectivity index (χ1n) is 8.61. The van der Waals surface area contributed by atoms with Crippen LogP contribution in [0.2, 0.25) is 5.02 Å². The van der Waals surface area contributed by atoms with Gasteiger partial charge in [0, 0.05) is 24.2 Å². The van der Waals surface area contributed by atoms with Crippen LogP contribution < -0.4 is 10.2 Å². The molecule has 0 aliphatic carbocycles. The molecule has 2 aromatic heterocycles. The zero-order valence-electron chi connectivity index (χ0n) is 15.6. The number of aromatic nitrogens is 2. The maximum Gasteiger partial charge on any atom is 0.341 e. The topological polar surface area (TPSA) is 118 Å². The maximum atomic E-state index is 12.6. The summed E-state index contributed by atoms with van der Waals surface area (Å²) in [6.45, 7) is 3.89. The largest absolute Gasteiger partial charge is 0.477 e. The van der Waals surface area contributed by atoms with Crippen molar-refractivity contribution < 1.29 is 19.2 Å². The molecule has 0 atom stereocenters. The molecule has 0 fully saturated rings. The molecule has 1 aromatic carbocycles. The van der Waals surface area contributed by atoms with E-state index < -0.39 is 17.0 Å². The van der Waals surface area contributed by atoms with Crippen LogP contribution in [-0.4, -0.2) is 20.8 Å². The Kier molecular flexibility index (Phi) is 5.71. The van der Waals surface area contributed by atoms with Crippen molar-refractivity contribution in [1.29, 1.82) is 5.26 Å². The number of hydrogen-bond acceptors (Lipinski definition) is 6. The Morgan fingerprint density at radius 2 is 2.14 bits per heavy atom. The molecule has 8 nitrogen and oxygen atoms in total. The molecule has 3 aromatic rings. The van der Waals surface area contributed by atoms with Gasteiger partial charge in [0.2, 0.25) is 5.43 Å². The second-order valence-electron chi connectivity index (χ2n) is 6.15. The summed E-state index contributed by atoms with van der Waals surface area (Å²) in [4.78, 5) is 24.4. The van der Waals surface area contributed by atoms with Gasteiger partial charge in [0.1, 0.15) is 11.6 Å². The Labute approximate surface area is 170 Å². The molecule has 0 saturated heterocycles. The molecule has 9 heteroatoms. The van der Waals surface area contributed by atoms with Gasteiger partial charge in [-0.15, -0.1) is 0 Å². The fraction of sp³-hybridized carbons (Fsp3) is 0.200. The van der Waals surface area contributed by atoms with Gasteiger partial charge in [-0.2, -0.15) is 5.26 Å². The number of carbonyl (C=O) groups is 1. The lowest BCUT2D eigenvalue weighted by molar-refractivity contribution is 0.0695. The SMILES string of the molecule is CCn1c(OCc2cc(C)no2)cc(=O)c(C(=O)O)c1-c1ccc(C#N)c(Cl)c1. The number of benzene rings is 1. The van der Waals surface area contributed by atoms with Gasteiger partial charge < -0.3 is 18.9 Å². The molecular weight excluding hydrogens is 398 g/mol. The van der Waals surface area contributed by atoms with E-state index in [0.717, 1.165) is 6.07 Å². The number of hydrogen-bond donors (Lipinski definition) is 1. The first kappa shape index (κ1) is 20.2. The molecule has 0 aliphatic rings. The molecule has 0 aliphatic heterocycles. The molecule has 0 amide bonds. The smallest absolute Gasteiger partial charge is 0.341 e. The Morgan fingerprint density at radius 1 is 1.38 bits per heavy atom. The van der Waals surface area contributed by atoms with E-state index in [9.17, 15) is 14.7 Å². The van der Waals surface area contributed by atoms with Gasteiger partial charge in [0.15, 0.2) is 18.2 Å². The third kappa shape index (κ3) is 4.00. The second kappa shape index (κ2) is 8.20. The van der Waals surface area contributed by atoms with Gasteiger partial charge in [0.05, 0.1) is 22.0 Å². The molecule has 148 valence electrons. The number of aromatic carboxylic acids is 1. The molecule has 3 rings (SSSR count). The molecule has 29 heavy (non-hydrogen) atoms. The van der Waals surface area contributed by atoms with E-state index in [1.54, 1.807) is 30.5 Å². The lowest BCUT2D eigenvalue weighted by atomic mass is 10.0. The number of carboxylic acids is 1. The number of carboxylic acid groups (broad SMARTS) is 1. The summed E-state index contributed by atoms with van der Waals surface area (Å²) < 4.78 is 12.4. The van der Waals surface area contributed by atoms with E-state index in [-0.39, 0.29) is 28.8 Å². The average Bonchev–Trinajstić information content (AvgIpc) is 3.10. The van der Waals surface area contributed by atoms with Gasteiger partial charge in [-0.1, -0.05) is 22.8 Å². The summed E-state index contributed by atoms with van der Waals surface area (Å²) in [6.07, 6.45) is 0. The van der Waals surface area contributed by atoms with Crippen molar-refractivity contribution in [2.75, 3.05) is 0 Å². The number of nitriles is 1. The highest BCUT2D eigenvalue weighted by molar-refractivity contribution is 6.32. The van der Waals surface area contributed by atoms with Gasteiger partial charge in [0.25, 0.3) is 0 Å². The van der Waals surface area contributed by atoms with Crippen molar-refractivity contribution >= 4 is 17.6 Å². The van der Waals surface area contributed by atoms with Crippen molar-refractivity contribution in [3.05, 3.63) is 68.2 Å². The maximum absolute atomic E-state index is 12.6. The van der Waals surface area contributed by atoms with E-state index >= 15 is 0 Å². The third-order valence-electron chi connectivity index (χ3n) is 4.21. The fourth-order valence-corrected chi connectivity index (χ4v) is 3.17. The zero-order chi connectivity index (χ0) is 21.1. The van der Waals surface area contributed by atoms with Crippen LogP contribution in [0.3, 0.4) is 0 Å². The van der Waals surface area contributed by atoms with Crippen LogP contribution in [0.15, 0.2) is 39.6 Å². The Balaban J connectivity index is 2.17. The third-order valence-corrected chi connectivity index (χ3v) is 4.52. The van der Waals surface area contributed by atoms with Crippen LogP contribution >= 0.6 is 11.6 Å². The highest BCUT2D eigenvalue weighted by atomic mass is 35.5. The fourth-order valence-electron chi connectivity index (χ4n) is 2.95. The number of pyridine rings is 1. The van der Waals surface area contributed by atoms with Crippen molar-refractivity contribution in [3.63, 3.8) is 0 Å². The van der Waals surface area contributed by atoms with Gasteiger partial charge in [-0.25, -0.2) is 4.79 Å². The van der Waals surface area contributed by atoms with E-state index in [1.807, 2.05) is 6.07 Å². The summed E-state index contributed by atoms with van der Waals surface area (Å²) in [5.74, 6) is -0.736. The molecule has 0 spiro atoms. The van der Waals surface area contributed by atoms with Crippen molar-refractivity contribution in [1.82, 2.24) is 9.72 Å². The van der Waals surface area contributed by atoms with E-state index in [2.05, 4.69) is 5.16 Å². The number of aryl methyl sites for hydroxylation is 1. The van der Waals surface area contributed by atoms with Gasteiger partial charge in [-0.3, -0.25) is 4.79 Å². The minimum atomic E-state index is -1.37. The molecule has 0 unspecified atom stereocenters. The number of rotatable bonds is 6. The Morgan fingerprint density at radius 3 is 2.69 bits per heavy atom. The predicted octanol–water partition coefficient (Wildman–Crippen LogP) is 3.63. The summed E-state index contributed by atoms with van der Waals surface area (Å²) in [5.41, 5.74) is 0.335. The van der Waals surface area contributed by atoms with Crippen molar-refractivity contribution in [2.24, 2.45) is 0 Å². The molecule has 0 bridgehead atoms. The predicted molar refractivity (Wildman–Crippen MR) is 104 cm³/mol. The highest BCUT2D eigenvalue weighted by Crippen LogP contribution is 2.30. The first-order valence-corrected chi connectivity index (χ1v) is 8.99. The quantitative estimate of drug-likeness (QED) is 0.655. The van der Waals surface area contributed by atoms with Crippen molar-refractivity contribution in [3.8, 4) is 23.2 Å². The Bertz CT molecular complexity index is 1190. The minimum absolute atomic E-state index is 0.0142. The molecular formula is C20H16ClN3O5. The van der Waals surface area contributed by atoms with E-state index in [4.69, 9.17) is 26.1 Å².